The van der Waals surface area contributed by atoms with Gasteiger partial charge < -0.3 is 19.7 Å². The fourth-order valence-electron chi connectivity index (χ4n) is 3.72. The van der Waals surface area contributed by atoms with Crippen molar-refractivity contribution in [2.24, 2.45) is 0 Å². The average Bonchev–Trinajstić information content (AvgIpc) is 3.35. The van der Waals surface area contributed by atoms with Gasteiger partial charge in [-0.25, -0.2) is 9.97 Å². The SMILES string of the molecule is CCc1cc(N2CCOCC2)nc(SCc2cccc(C(=O)NC[C@@H]3CCCO3)c2)n1. The van der Waals surface area contributed by atoms with E-state index in [4.69, 9.17) is 19.4 Å². The Morgan fingerprint density at radius 1 is 1.23 bits per heavy atom. The van der Waals surface area contributed by atoms with Crippen molar-refractivity contribution in [3.63, 3.8) is 0 Å². The van der Waals surface area contributed by atoms with Gasteiger partial charge in [-0.15, -0.1) is 0 Å². The molecule has 4 rings (SSSR count). The maximum absolute atomic E-state index is 12.5. The van der Waals surface area contributed by atoms with E-state index in [0.717, 1.165) is 74.4 Å². The normalized spacial score (nSPS) is 18.9. The van der Waals surface area contributed by atoms with E-state index >= 15 is 0 Å². The van der Waals surface area contributed by atoms with Crippen molar-refractivity contribution in [2.75, 3.05) is 44.4 Å². The maximum atomic E-state index is 12.5. The highest BCUT2D eigenvalue weighted by Gasteiger charge is 2.17. The Balaban J connectivity index is 1.38. The van der Waals surface area contributed by atoms with Crippen molar-refractivity contribution in [1.29, 1.82) is 0 Å². The number of amides is 1. The minimum Gasteiger partial charge on any atom is -0.378 e. The second-order valence-electron chi connectivity index (χ2n) is 7.79. The molecule has 0 bridgehead atoms. The van der Waals surface area contributed by atoms with Gasteiger partial charge in [-0.3, -0.25) is 4.79 Å². The summed E-state index contributed by atoms with van der Waals surface area (Å²) in [5, 5.41) is 3.76. The van der Waals surface area contributed by atoms with E-state index < -0.39 is 0 Å². The largest absolute Gasteiger partial charge is 0.378 e. The van der Waals surface area contributed by atoms with Gasteiger partial charge in [-0.05, 0) is 37.0 Å². The number of carbonyl (C=O) groups is 1. The first-order valence-corrected chi connectivity index (χ1v) is 12.0. The number of morpholine rings is 1. The Kier molecular flexibility index (Phi) is 7.77. The predicted molar refractivity (Wildman–Crippen MR) is 122 cm³/mol. The number of nitrogens with one attached hydrogen (secondary N) is 1. The minimum atomic E-state index is -0.0545. The summed E-state index contributed by atoms with van der Waals surface area (Å²) in [6.45, 7) is 6.64. The van der Waals surface area contributed by atoms with Crippen LogP contribution in [0, 0.1) is 0 Å². The number of aryl methyl sites for hydroxylation is 1. The van der Waals surface area contributed by atoms with E-state index in [9.17, 15) is 4.79 Å². The predicted octanol–water partition coefficient (Wildman–Crippen LogP) is 3.08. The number of benzene rings is 1. The van der Waals surface area contributed by atoms with Crippen LogP contribution in [0.2, 0.25) is 0 Å². The third-order valence-corrected chi connectivity index (χ3v) is 6.43. The van der Waals surface area contributed by atoms with Crippen LogP contribution in [0.5, 0.6) is 0 Å². The molecule has 1 amide bonds. The first-order valence-electron chi connectivity index (χ1n) is 11.0. The fourth-order valence-corrected chi connectivity index (χ4v) is 4.54. The van der Waals surface area contributed by atoms with Crippen LogP contribution in [-0.2, 0) is 21.6 Å². The molecule has 2 fully saturated rings. The summed E-state index contributed by atoms with van der Waals surface area (Å²) in [5.74, 6) is 1.63. The minimum absolute atomic E-state index is 0.0545. The number of carbonyl (C=O) groups excluding carboxylic acids is 1. The highest BCUT2D eigenvalue weighted by atomic mass is 32.2. The molecule has 1 aromatic carbocycles. The summed E-state index contributed by atoms with van der Waals surface area (Å²) < 4.78 is 11.0. The molecule has 2 aliphatic heterocycles. The van der Waals surface area contributed by atoms with Crippen LogP contribution in [0.4, 0.5) is 5.82 Å². The fraction of sp³-hybridized carbons (Fsp3) is 0.522. The van der Waals surface area contributed by atoms with Crippen molar-refractivity contribution >= 4 is 23.5 Å². The zero-order chi connectivity index (χ0) is 21.5. The Hall–Kier alpha value is -2.16. The van der Waals surface area contributed by atoms with Gasteiger partial charge in [0.2, 0.25) is 0 Å². The number of hydrogen-bond acceptors (Lipinski definition) is 7. The quantitative estimate of drug-likeness (QED) is 0.497. The molecule has 0 saturated carbocycles. The Labute approximate surface area is 187 Å². The Morgan fingerprint density at radius 3 is 2.87 bits per heavy atom. The van der Waals surface area contributed by atoms with Crippen molar-refractivity contribution in [2.45, 2.75) is 43.2 Å². The van der Waals surface area contributed by atoms with Crippen molar-refractivity contribution in [3.8, 4) is 0 Å². The summed E-state index contributed by atoms with van der Waals surface area (Å²) in [6.07, 6.45) is 3.10. The molecule has 2 saturated heterocycles. The molecule has 166 valence electrons. The molecule has 2 aromatic rings. The lowest BCUT2D eigenvalue weighted by Crippen LogP contribution is -2.37. The third kappa shape index (κ3) is 6.18. The molecule has 0 aliphatic carbocycles. The molecule has 0 unspecified atom stereocenters. The zero-order valence-corrected chi connectivity index (χ0v) is 18.8. The highest BCUT2D eigenvalue weighted by molar-refractivity contribution is 7.98. The number of aromatic nitrogens is 2. The first-order chi connectivity index (χ1) is 15.2. The van der Waals surface area contributed by atoms with E-state index in [1.807, 2.05) is 24.3 Å². The topological polar surface area (TPSA) is 76.6 Å². The molecule has 1 atom stereocenters. The van der Waals surface area contributed by atoms with Crippen molar-refractivity contribution in [3.05, 3.63) is 47.2 Å². The molecule has 0 radical (unpaired) electrons. The molecule has 1 N–H and O–H groups in total. The monoisotopic (exact) mass is 442 g/mol. The molecule has 31 heavy (non-hydrogen) atoms. The first kappa shape index (κ1) is 22.0. The molecule has 1 aromatic heterocycles. The maximum Gasteiger partial charge on any atom is 0.251 e. The van der Waals surface area contributed by atoms with Crippen molar-refractivity contribution < 1.29 is 14.3 Å². The molecule has 0 spiro atoms. The van der Waals surface area contributed by atoms with E-state index in [-0.39, 0.29) is 12.0 Å². The van der Waals surface area contributed by atoms with Crippen LogP contribution in [0.3, 0.4) is 0 Å². The van der Waals surface area contributed by atoms with Crippen LogP contribution in [-0.4, -0.2) is 61.4 Å². The lowest BCUT2D eigenvalue weighted by atomic mass is 10.1. The number of rotatable bonds is 8. The van der Waals surface area contributed by atoms with E-state index in [1.54, 1.807) is 11.8 Å². The summed E-state index contributed by atoms with van der Waals surface area (Å²) in [4.78, 5) is 24.2. The molecule has 8 heteroatoms. The second kappa shape index (κ2) is 10.9. The van der Waals surface area contributed by atoms with Gasteiger partial charge in [0.1, 0.15) is 5.82 Å². The summed E-state index contributed by atoms with van der Waals surface area (Å²) >= 11 is 1.60. The summed E-state index contributed by atoms with van der Waals surface area (Å²) in [7, 11) is 0. The highest BCUT2D eigenvalue weighted by Crippen LogP contribution is 2.24. The molecule has 2 aliphatic rings. The van der Waals surface area contributed by atoms with Gasteiger partial charge in [0, 0.05) is 49.3 Å². The van der Waals surface area contributed by atoms with Crippen LogP contribution >= 0.6 is 11.8 Å². The average molecular weight is 443 g/mol. The summed E-state index contributed by atoms with van der Waals surface area (Å²) in [6, 6.07) is 9.85. The summed E-state index contributed by atoms with van der Waals surface area (Å²) in [5.41, 5.74) is 2.79. The van der Waals surface area contributed by atoms with Gasteiger partial charge in [0.05, 0.1) is 19.3 Å². The van der Waals surface area contributed by atoms with Crippen molar-refractivity contribution in [1.82, 2.24) is 15.3 Å². The number of nitrogens with zero attached hydrogens (tertiary/aromatic N) is 3. The molecular formula is C23H30N4O3S. The van der Waals surface area contributed by atoms with Gasteiger partial charge in [-0.2, -0.15) is 0 Å². The van der Waals surface area contributed by atoms with Gasteiger partial charge >= 0.3 is 0 Å². The Morgan fingerprint density at radius 2 is 2.10 bits per heavy atom. The number of anilines is 1. The van der Waals surface area contributed by atoms with Gasteiger partial charge in [0.25, 0.3) is 5.91 Å². The third-order valence-electron chi connectivity index (χ3n) is 5.51. The van der Waals surface area contributed by atoms with E-state index in [2.05, 4.69) is 23.2 Å². The number of thioether (sulfide) groups is 1. The van der Waals surface area contributed by atoms with Gasteiger partial charge in [0.15, 0.2) is 5.16 Å². The second-order valence-corrected chi connectivity index (χ2v) is 8.73. The van der Waals surface area contributed by atoms with Crippen LogP contribution in [0.1, 0.15) is 41.4 Å². The van der Waals surface area contributed by atoms with Crippen LogP contribution < -0.4 is 10.2 Å². The van der Waals surface area contributed by atoms with Crippen LogP contribution in [0.15, 0.2) is 35.5 Å². The number of hydrogen-bond donors (Lipinski definition) is 1. The standard InChI is InChI=1S/C23H30N4O3S/c1-2-19-14-21(27-8-11-29-12-9-27)26-23(25-19)31-16-17-5-3-6-18(13-17)22(28)24-15-20-7-4-10-30-20/h3,5-6,13-14,20H,2,4,7-12,15-16H2,1H3,(H,24,28)/t20-/m0/s1. The molecular weight excluding hydrogens is 412 g/mol. The van der Waals surface area contributed by atoms with Gasteiger partial charge in [-0.1, -0.05) is 30.8 Å². The molecule has 7 nitrogen and oxygen atoms in total. The van der Waals surface area contributed by atoms with E-state index in [1.165, 1.54) is 0 Å². The lowest BCUT2D eigenvalue weighted by Gasteiger charge is -2.28. The number of ether oxygens (including phenoxy) is 2. The van der Waals surface area contributed by atoms with Crippen LogP contribution in [0.25, 0.3) is 0 Å². The smallest absolute Gasteiger partial charge is 0.251 e. The molecule has 3 heterocycles. The zero-order valence-electron chi connectivity index (χ0n) is 18.0. The lowest BCUT2D eigenvalue weighted by molar-refractivity contribution is 0.0857. The Bertz CT molecular complexity index is 883. The van der Waals surface area contributed by atoms with E-state index in [0.29, 0.717) is 17.9 Å².